The van der Waals surface area contributed by atoms with E-state index in [1.807, 2.05) is 22.6 Å². The van der Waals surface area contributed by atoms with E-state index in [1.54, 1.807) is 0 Å². The van der Waals surface area contributed by atoms with Crippen LogP contribution in [0.25, 0.3) is 0 Å². The molecular weight excluding hydrogens is 336 g/mol. The Bertz CT molecular complexity index is 382. The van der Waals surface area contributed by atoms with Crippen LogP contribution in [0.15, 0.2) is 18.2 Å². The first-order valence-corrected chi connectivity index (χ1v) is 5.67. The number of Topliss-reactive ketones (excluding diaryl/α,β-unsaturated/α-hetero) is 1. The Balaban J connectivity index is 3.08. The van der Waals surface area contributed by atoms with Crippen LogP contribution in [0.1, 0.15) is 29.9 Å². The lowest BCUT2D eigenvalue weighted by Gasteiger charge is -2.10. The molecule has 0 saturated carbocycles. The molecule has 15 heavy (non-hydrogen) atoms. The van der Waals surface area contributed by atoms with E-state index >= 15 is 0 Å². The van der Waals surface area contributed by atoms with E-state index in [4.69, 9.17) is 11.6 Å². The van der Waals surface area contributed by atoms with E-state index < -0.39 is 11.8 Å². The highest BCUT2D eigenvalue weighted by Crippen LogP contribution is 2.29. The topological polar surface area (TPSA) is 17.1 Å². The number of alkyl halides is 3. The van der Waals surface area contributed by atoms with Crippen LogP contribution in [-0.4, -0.2) is 5.78 Å². The molecule has 0 aliphatic carbocycles. The zero-order chi connectivity index (χ0) is 11.6. The Kier molecular flexibility index (Phi) is 4.45. The summed E-state index contributed by atoms with van der Waals surface area (Å²) in [7, 11) is 0. The first-order valence-electron chi connectivity index (χ1n) is 4.15. The van der Waals surface area contributed by atoms with E-state index in [1.165, 1.54) is 25.1 Å². The highest BCUT2D eigenvalue weighted by Gasteiger charge is 2.17. The maximum Gasteiger partial charge on any atom is 0.263 e. The third-order valence-corrected chi connectivity index (χ3v) is 3.38. The molecule has 1 unspecified atom stereocenters. The molecule has 1 atom stereocenters. The Hall–Kier alpha value is -0.230. The van der Waals surface area contributed by atoms with Crippen molar-refractivity contribution in [3.63, 3.8) is 0 Å². The van der Waals surface area contributed by atoms with Crippen molar-refractivity contribution in [2.75, 3.05) is 0 Å². The summed E-state index contributed by atoms with van der Waals surface area (Å²) in [5, 5.41) is -0.761. The smallest absolute Gasteiger partial charge is 0.263 e. The fourth-order valence-electron chi connectivity index (χ4n) is 1.10. The zero-order valence-corrected chi connectivity index (χ0v) is 10.7. The maximum absolute atomic E-state index is 12.3. The second-order valence-electron chi connectivity index (χ2n) is 3.05. The predicted octanol–water partition coefficient (Wildman–Crippen LogP) is 4.10. The lowest BCUT2D eigenvalue weighted by atomic mass is 10.1. The molecule has 0 aliphatic rings. The van der Waals surface area contributed by atoms with Crippen LogP contribution in [0, 0.1) is 3.57 Å². The molecule has 1 aromatic rings. The Labute approximate surface area is 105 Å². The van der Waals surface area contributed by atoms with Gasteiger partial charge in [0.25, 0.3) is 6.43 Å². The van der Waals surface area contributed by atoms with Gasteiger partial charge in [0.15, 0.2) is 5.78 Å². The van der Waals surface area contributed by atoms with E-state index in [9.17, 15) is 13.6 Å². The van der Waals surface area contributed by atoms with Gasteiger partial charge in [-0.15, -0.1) is 11.6 Å². The maximum atomic E-state index is 12.3. The normalized spacial score (nSPS) is 12.9. The summed E-state index contributed by atoms with van der Waals surface area (Å²) in [6.07, 6.45) is -2.50. The number of hydrogen-bond acceptors (Lipinski definition) is 1. The van der Waals surface area contributed by atoms with Gasteiger partial charge in [-0.05, 0) is 41.1 Å². The van der Waals surface area contributed by atoms with Crippen molar-refractivity contribution in [2.24, 2.45) is 0 Å². The Morgan fingerprint density at radius 3 is 2.47 bits per heavy atom. The highest BCUT2D eigenvalue weighted by atomic mass is 127. The summed E-state index contributed by atoms with van der Waals surface area (Å²) in [6.45, 7) is 1.37. The van der Waals surface area contributed by atoms with E-state index in [0.29, 0.717) is 9.13 Å². The quantitative estimate of drug-likeness (QED) is 0.596. The summed E-state index contributed by atoms with van der Waals surface area (Å²) >= 11 is 7.73. The van der Waals surface area contributed by atoms with Crippen LogP contribution >= 0.6 is 34.2 Å². The number of halogens is 4. The van der Waals surface area contributed by atoms with Gasteiger partial charge < -0.3 is 0 Å². The van der Waals surface area contributed by atoms with Gasteiger partial charge in [0.2, 0.25) is 0 Å². The lowest BCUT2D eigenvalue weighted by molar-refractivity contribution is -0.116. The molecular formula is C10H8ClF2IO. The van der Waals surface area contributed by atoms with E-state index in [0.717, 1.165) is 0 Å². The van der Waals surface area contributed by atoms with E-state index in [2.05, 4.69) is 0 Å². The standard InChI is InChI=1S/C10H8ClF2IO/c1-5(15)9(11)7-3-2-6(10(12)13)4-8(7)14/h2-4,9-10H,1H3. The predicted molar refractivity (Wildman–Crippen MR) is 63.4 cm³/mol. The minimum atomic E-state index is -2.50. The molecule has 0 N–H and O–H groups in total. The molecule has 0 aliphatic heterocycles. The molecule has 0 spiro atoms. The Morgan fingerprint density at radius 2 is 2.07 bits per heavy atom. The fourth-order valence-corrected chi connectivity index (χ4v) is 2.33. The average molecular weight is 345 g/mol. The van der Waals surface area contributed by atoms with Gasteiger partial charge in [-0.25, -0.2) is 8.78 Å². The van der Waals surface area contributed by atoms with Gasteiger partial charge in [0.1, 0.15) is 5.38 Å². The van der Waals surface area contributed by atoms with Crippen molar-refractivity contribution in [1.82, 2.24) is 0 Å². The SMILES string of the molecule is CC(=O)C(Cl)c1ccc(C(F)F)cc1I. The second-order valence-corrected chi connectivity index (χ2v) is 4.65. The number of benzene rings is 1. The molecule has 0 radical (unpaired) electrons. The van der Waals surface area contributed by atoms with Gasteiger partial charge >= 0.3 is 0 Å². The van der Waals surface area contributed by atoms with Gasteiger partial charge in [-0.3, -0.25) is 4.79 Å². The summed E-state index contributed by atoms with van der Waals surface area (Å²) in [4.78, 5) is 11.0. The second kappa shape index (κ2) is 5.21. The average Bonchev–Trinajstić information content (AvgIpc) is 2.16. The van der Waals surface area contributed by atoms with Crippen molar-refractivity contribution in [2.45, 2.75) is 18.7 Å². The lowest BCUT2D eigenvalue weighted by Crippen LogP contribution is -2.04. The van der Waals surface area contributed by atoms with Crippen molar-refractivity contribution >= 4 is 40.0 Å². The molecule has 0 heterocycles. The monoisotopic (exact) mass is 344 g/mol. The summed E-state index contributed by atoms with van der Waals surface area (Å²) in [5.41, 5.74) is 0.518. The number of hydrogen-bond donors (Lipinski definition) is 0. The van der Waals surface area contributed by atoms with Crippen molar-refractivity contribution in [3.05, 3.63) is 32.9 Å². The minimum absolute atomic E-state index is 0.0597. The first-order chi connectivity index (χ1) is 6.93. The van der Waals surface area contributed by atoms with Crippen molar-refractivity contribution in [3.8, 4) is 0 Å². The molecule has 0 aromatic heterocycles. The Morgan fingerprint density at radius 1 is 1.47 bits per heavy atom. The van der Waals surface area contributed by atoms with Crippen LogP contribution < -0.4 is 0 Å². The van der Waals surface area contributed by atoms with Crippen LogP contribution in [0.3, 0.4) is 0 Å². The first kappa shape index (κ1) is 12.8. The van der Waals surface area contributed by atoms with Gasteiger partial charge in [-0.2, -0.15) is 0 Å². The third-order valence-electron chi connectivity index (χ3n) is 1.91. The van der Waals surface area contributed by atoms with Gasteiger partial charge in [-0.1, -0.05) is 12.1 Å². The number of carbonyl (C=O) groups is 1. The van der Waals surface area contributed by atoms with Crippen molar-refractivity contribution in [1.29, 1.82) is 0 Å². The molecule has 1 aromatic carbocycles. The zero-order valence-electron chi connectivity index (χ0n) is 7.81. The molecule has 5 heteroatoms. The fraction of sp³-hybridized carbons (Fsp3) is 0.300. The number of ketones is 1. The molecule has 1 nitrogen and oxygen atoms in total. The highest BCUT2D eigenvalue weighted by molar-refractivity contribution is 14.1. The molecule has 82 valence electrons. The van der Waals surface area contributed by atoms with Crippen LogP contribution in [0.2, 0.25) is 0 Å². The molecule has 1 rings (SSSR count). The van der Waals surface area contributed by atoms with Gasteiger partial charge in [0.05, 0.1) is 0 Å². The molecule has 0 amide bonds. The van der Waals surface area contributed by atoms with Crippen LogP contribution in [0.4, 0.5) is 8.78 Å². The number of rotatable bonds is 3. The molecule has 0 bridgehead atoms. The van der Waals surface area contributed by atoms with Crippen LogP contribution in [-0.2, 0) is 4.79 Å². The third kappa shape index (κ3) is 3.11. The minimum Gasteiger partial charge on any atom is -0.298 e. The molecule has 0 fully saturated rings. The van der Waals surface area contributed by atoms with E-state index in [-0.39, 0.29) is 11.3 Å². The summed E-state index contributed by atoms with van der Waals surface area (Å²) in [5.74, 6) is -0.195. The van der Waals surface area contributed by atoms with Gasteiger partial charge in [0, 0.05) is 9.13 Å². The van der Waals surface area contributed by atoms with Crippen LogP contribution in [0.5, 0.6) is 0 Å². The van der Waals surface area contributed by atoms with Crippen molar-refractivity contribution < 1.29 is 13.6 Å². The number of carbonyl (C=O) groups excluding carboxylic acids is 1. The summed E-state index contributed by atoms with van der Waals surface area (Å²) < 4.78 is 25.3. The molecule has 0 saturated heterocycles. The summed E-state index contributed by atoms with van der Waals surface area (Å²) in [6, 6.07) is 4.11. The largest absolute Gasteiger partial charge is 0.298 e.